The number of aromatic nitrogens is 6. The predicted molar refractivity (Wildman–Crippen MR) is 158 cm³/mol. The van der Waals surface area contributed by atoms with E-state index in [1.165, 1.54) is 17.2 Å². The quantitative estimate of drug-likeness (QED) is 0.359. The molecule has 2 aliphatic heterocycles. The number of nitrogens with one attached hydrogen (secondary N) is 2. The number of rotatable bonds is 6. The van der Waals surface area contributed by atoms with Gasteiger partial charge in [-0.15, -0.1) is 0 Å². The van der Waals surface area contributed by atoms with Gasteiger partial charge >= 0.3 is 11.4 Å². The summed E-state index contributed by atoms with van der Waals surface area (Å²) in [6.45, 7) is 14.4. The molecule has 0 bridgehead atoms. The number of carbonyl (C=O) groups excluding carboxylic acids is 2. The van der Waals surface area contributed by atoms with Gasteiger partial charge in [0.15, 0.2) is 0 Å². The van der Waals surface area contributed by atoms with E-state index in [4.69, 9.17) is 14.6 Å². The number of nitrogens with zero attached hydrogens (tertiary/aromatic N) is 6. The number of hydrogen-bond donors (Lipinski definition) is 4. The molecule has 2 aromatic heterocycles. The first-order chi connectivity index (χ1) is 20.4. The van der Waals surface area contributed by atoms with E-state index < -0.39 is 40.6 Å². The predicted octanol–water partition coefficient (Wildman–Crippen LogP) is 1.22. The molecule has 2 saturated heterocycles. The molecule has 244 valence electrons. The smallest absolute Gasteiger partial charge is 0.354 e. The summed E-state index contributed by atoms with van der Waals surface area (Å²) in [7, 11) is 0. The van der Waals surface area contributed by atoms with Gasteiger partial charge in [-0.3, -0.25) is 29.4 Å². The molecule has 16 nitrogen and oxygen atoms in total. The van der Waals surface area contributed by atoms with Gasteiger partial charge in [0, 0.05) is 17.3 Å². The Hall–Kier alpha value is -3.60. The summed E-state index contributed by atoms with van der Waals surface area (Å²) in [4.78, 5) is 63.3. The third kappa shape index (κ3) is 8.74. The molecule has 2 amide bonds. The Bertz CT molecular complexity index is 1320. The van der Waals surface area contributed by atoms with Gasteiger partial charge in [0.05, 0.1) is 18.8 Å². The van der Waals surface area contributed by atoms with Crippen LogP contribution in [0.4, 0.5) is 11.9 Å². The summed E-state index contributed by atoms with van der Waals surface area (Å²) in [6, 6.07) is 0. The minimum absolute atomic E-state index is 0.0271. The highest BCUT2D eigenvalue weighted by Crippen LogP contribution is 2.33. The maximum atomic E-state index is 12.1. The highest BCUT2D eigenvalue weighted by atomic mass is 16.5. The van der Waals surface area contributed by atoms with Crippen molar-refractivity contribution in [3.63, 3.8) is 0 Å². The van der Waals surface area contributed by atoms with Crippen molar-refractivity contribution < 1.29 is 29.3 Å². The molecule has 44 heavy (non-hydrogen) atoms. The number of hydrogen-bond acceptors (Lipinski definition) is 12. The van der Waals surface area contributed by atoms with Gasteiger partial charge in [-0.1, -0.05) is 55.4 Å². The molecule has 2 aromatic rings. The molecule has 4 rings (SSSR count). The SMILES string of the molecule is CC(C)(C)C(=O)Nc1ncn([C@H]2C[C@H](O)[C@@H](CO)O2)c(=O)n1.CC[C@H]1O[C@@H](n2cnc(NC(=O)C(C)(C)C)nc2=O)C[C@@H]1C. The van der Waals surface area contributed by atoms with Crippen molar-refractivity contribution in [2.24, 2.45) is 16.7 Å². The Morgan fingerprint density at radius 1 is 0.864 bits per heavy atom. The van der Waals surface area contributed by atoms with Crippen molar-refractivity contribution in [3.05, 3.63) is 33.6 Å². The molecule has 6 atom stereocenters. The highest BCUT2D eigenvalue weighted by molar-refractivity contribution is 5.93. The molecule has 0 unspecified atom stereocenters. The zero-order valence-electron chi connectivity index (χ0n) is 26.5. The Morgan fingerprint density at radius 2 is 1.30 bits per heavy atom. The zero-order valence-corrected chi connectivity index (χ0v) is 26.5. The topological polar surface area (TPSA) is 213 Å². The molecule has 2 aliphatic rings. The molecule has 0 aliphatic carbocycles. The van der Waals surface area contributed by atoms with E-state index in [-0.39, 0.29) is 49.1 Å². The van der Waals surface area contributed by atoms with Gasteiger partial charge < -0.3 is 19.7 Å². The molecule has 0 spiro atoms. The molecule has 0 aromatic carbocycles. The van der Waals surface area contributed by atoms with Gasteiger partial charge in [0.2, 0.25) is 23.7 Å². The van der Waals surface area contributed by atoms with Gasteiger partial charge in [-0.05, 0) is 18.8 Å². The van der Waals surface area contributed by atoms with E-state index in [1.54, 1.807) is 41.5 Å². The minimum Gasteiger partial charge on any atom is -0.394 e. The first-order valence-electron chi connectivity index (χ1n) is 14.6. The zero-order chi connectivity index (χ0) is 33.0. The van der Waals surface area contributed by atoms with Crippen LogP contribution in [0.25, 0.3) is 0 Å². The van der Waals surface area contributed by atoms with Gasteiger partial charge in [0.25, 0.3) is 0 Å². The highest BCUT2D eigenvalue weighted by Gasteiger charge is 2.35. The normalized spacial score (nSPS) is 25.2. The third-order valence-corrected chi connectivity index (χ3v) is 7.21. The molecule has 0 radical (unpaired) electrons. The second kappa shape index (κ2) is 14.0. The fourth-order valence-corrected chi connectivity index (χ4v) is 4.37. The number of anilines is 2. The van der Waals surface area contributed by atoms with E-state index in [2.05, 4.69) is 44.4 Å². The van der Waals surface area contributed by atoms with Crippen LogP contribution in [0.2, 0.25) is 0 Å². The van der Waals surface area contributed by atoms with Crippen LogP contribution in [0.1, 0.15) is 87.1 Å². The van der Waals surface area contributed by atoms with Crippen molar-refractivity contribution in [3.8, 4) is 0 Å². The van der Waals surface area contributed by atoms with Crippen LogP contribution in [-0.4, -0.2) is 76.0 Å². The first kappa shape index (κ1) is 34.9. The number of ether oxygens (including phenoxy) is 2. The summed E-state index contributed by atoms with van der Waals surface area (Å²) < 4.78 is 13.7. The molecule has 16 heteroatoms. The molecular formula is C28H44N8O8. The number of aliphatic hydroxyl groups excluding tert-OH is 2. The maximum absolute atomic E-state index is 12.1. The van der Waals surface area contributed by atoms with Crippen LogP contribution in [0.3, 0.4) is 0 Å². The second-order valence-electron chi connectivity index (χ2n) is 13.0. The molecule has 2 fully saturated rings. The van der Waals surface area contributed by atoms with E-state index >= 15 is 0 Å². The molecule has 0 saturated carbocycles. The Balaban J connectivity index is 0.000000240. The monoisotopic (exact) mass is 620 g/mol. The molecule has 4 N–H and O–H groups in total. The van der Waals surface area contributed by atoms with E-state index in [9.17, 15) is 24.3 Å². The number of aliphatic hydroxyl groups is 2. The lowest BCUT2D eigenvalue weighted by molar-refractivity contribution is -0.123. The van der Waals surface area contributed by atoms with Gasteiger partial charge in [-0.25, -0.2) is 19.6 Å². The lowest BCUT2D eigenvalue weighted by Crippen LogP contribution is -2.32. The average Bonchev–Trinajstić information content (AvgIpc) is 3.49. The average molecular weight is 621 g/mol. The third-order valence-electron chi connectivity index (χ3n) is 7.21. The second-order valence-corrected chi connectivity index (χ2v) is 13.0. The Kier molecular flexibility index (Phi) is 11.1. The van der Waals surface area contributed by atoms with E-state index in [0.29, 0.717) is 5.92 Å². The summed E-state index contributed by atoms with van der Waals surface area (Å²) in [6.07, 6.45) is 1.89. The van der Waals surface area contributed by atoms with Crippen molar-refractivity contribution in [2.45, 2.75) is 105 Å². The number of amides is 2. The van der Waals surface area contributed by atoms with E-state index in [1.807, 2.05) is 0 Å². The van der Waals surface area contributed by atoms with Crippen LogP contribution in [0.15, 0.2) is 22.2 Å². The maximum Gasteiger partial charge on any atom is 0.354 e. The van der Waals surface area contributed by atoms with Gasteiger partial charge in [-0.2, -0.15) is 9.97 Å². The molecular weight excluding hydrogens is 576 g/mol. The van der Waals surface area contributed by atoms with Crippen LogP contribution in [0, 0.1) is 16.7 Å². The van der Waals surface area contributed by atoms with Gasteiger partial charge in [0.1, 0.15) is 31.2 Å². The summed E-state index contributed by atoms with van der Waals surface area (Å²) in [5, 5.41) is 23.7. The van der Waals surface area contributed by atoms with E-state index in [0.717, 1.165) is 17.4 Å². The number of carbonyl (C=O) groups is 2. The first-order valence-corrected chi connectivity index (χ1v) is 14.6. The largest absolute Gasteiger partial charge is 0.394 e. The Morgan fingerprint density at radius 3 is 1.64 bits per heavy atom. The lowest BCUT2D eigenvalue weighted by atomic mass is 9.96. The summed E-state index contributed by atoms with van der Waals surface area (Å²) >= 11 is 0. The Labute approximate surface area is 255 Å². The van der Waals surface area contributed by atoms with Crippen LogP contribution >= 0.6 is 0 Å². The van der Waals surface area contributed by atoms with Crippen LogP contribution in [0.5, 0.6) is 0 Å². The van der Waals surface area contributed by atoms with Crippen molar-refractivity contribution in [1.29, 1.82) is 0 Å². The fourth-order valence-electron chi connectivity index (χ4n) is 4.37. The minimum atomic E-state index is -0.859. The van der Waals surface area contributed by atoms with Crippen LogP contribution in [-0.2, 0) is 19.1 Å². The van der Waals surface area contributed by atoms with Crippen molar-refractivity contribution in [1.82, 2.24) is 29.1 Å². The van der Waals surface area contributed by atoms with Crippen molar-refractivity contribution >= 4 is 23.7 Å². The molecule has 4 heterocycles. The van der Waals surface area contributed by atoms with Crippen LogP contribution < -0.4 is 22.0 Å². The summed E-state index contributed by atoms with van der Waals surface area (Å²) in [5.41, 5.74) is -2.33. The van der Waals surface area contributed by atoms with Crippen molar-refractivity contribution in [2.75, 3.05) is 17.2 Å². The lowest BCUT2D eigenvalue weighted by Gasteiger charge is -2.17. The summed E-state index contributed by atoms with van der Waals surface area (Å²) in [5.74, 6) is -0.209. The fraction of sp³-hybridized carbons (Fsp3) is 0.714. The standard InChI is InChI=1S/C15H24N4O3.C13H20N4O5/c1-6-10-9(2)7-11(22-10)19-8-16-13(18-14(19)21)17-12(20)15(3,4)5;1-13(2,3)10(20)15-11-14-6-17(12(21)16-11)9-4-7(19)8(5-18)22-9/h8-11H,6-7H2,1-5H3,(H,17,18,20,21);6-9,18-19H,4-5H2,1-3H3,(H,15,16,20,21)/t9-,10+,11+;7-,8+,9+/m00/s1.